The number of nitrogens with one attached hydrogen (secondary N) is 1. The van der Waals surface area contributed by atoms with Crippen LogP contribution in [0, 0.1) is 5.82 Å². The Hall–Kier alpha value is -2.62. The molecule has 0 aliphatic carbocycles. The molecular weight excluding hydrogens is 527 g/mol. The zero-order valence-electron chi connectivity index (χ0n) is 20.3. The fraction of sp³-hybridized carbons (Fsp3) is 0.346. The van der Waals surface area contributed by atoms with Gasteiger partial charge >= 0.3 is 0 Å². The second kappa shape index (κ2) is 11.0. The number of amides is 1. The van der Waals surface area contributed by atoms with Gasteiger partial charge in [0.15, 0.2) is 0 Å². The Morgan fingerprint density at radius 2 is 2.03 bits per heavy atom. The molecule has 1 aliphatic rings. The smallest absolute Gasteiger partial charge is 0.224 e. The standard InChI is InChI=1S/C26H30BrFN4O2Si/c1-35(2,3)13-12-34-17-32-16-24-21-14-19(28)9-11-23(21)30-25(33)7-5-4-6-20(26(32)31-24)22-10-8-18(27)15-29-22/h6,8-11,14-16H,4-5,7,12-13,17H2,1-3H3,(H,30,33)/b20-6-. The number of aromatic nitrogens is 3. The first kappa shape index (κ1) is 25.5. The minimum absolute atomic E-state index is 0.107. The summed E-state index contributed by atoms with van der Waals surface area (Å²) in [6, 6.07) is 9.28. The lowest BCUT2D eigenvalue weighted by molar-refractivity contribution is -0.116. The molecule has 0 fully saturated rings. The number of carbonyl (C=O) groups is 1. The molecule has 3 aromatic rings. The van der Waals surface area contributed by atoms with Gasteiger partial charge in [0.25, 0.3) is 0 Å². The Morgan fingerprint density at radius 3 is 2.77 bits per heavy atom. The molecule has 1 amide bonds. The number of benzene rings is 1. The number of allylic oxidation sites excluding steroid dienone is 1. The van der Waals surface area contributed by atoms with Crippen molar-refractivity contribution in [3.05, 3.63) is 70.6 Å². The monoisotopic (exact) mass is 556 g/mol. The predicted octanol–water partition coefficient (Wildman–Crippen LogP) is 6.71. The van der Waals surface area contributed by atoms with Crippen LogP contribution in [-0.2, 0) is 16.3 Å². The zero-order valence-corrected chi connectivity index (χ0v) is 22.9. The summed E-state index contributed by atoms with van der Waals surface area (Å²) in [5.74, 6) is 0.201. The summed E-state index contributed by atoms with van der Waals surface area (Å²) in [7, 11) is -1.23. The molecule has 184 valence electrons. The number of fused-ring (bicyclic) bond motifs is 4. The van der Waals surface area contributed by atoms with Gasteiger partial charge in [-0.2, -0.15) is 0 Å². The van der Waals surface area contributed by atoms with Gasteiger partial charge in [0, 0.05) is 49.1 Å². The molecule has 2 aromatic heterocycles. The van der Waals surface area contributed by atoms with Gasteiger partial charge in [-0.05, 0) is 65.1 Å². The minimum atomic E-state index is -1.23. The number of ether oxygens (including phenoxy) is 1. The van der Waals surface area contributed by atoms with Gasteiger partial charge in [0.05, 0.1) is 17.1 Å². The summed E-state index contributed by atoms with van der Waals surface area (Å²) in [4.78, 5) is 22.1. The van der Waals surface area contributed by atoms with Gasteiger partial charge < -0.3 is 14.6 Å². The molecule has 4 rings (SSSR count). The number of rotatable bonds is 6. The van der Waals surface area contributed by atoms with E-state index in [0.717, 1.165) is 21.8 Å². The number of pyridine rings is 1. The number of anilines is 1. The third-order valence-corrected chi connectivity index (χ3v) is 7.91. The highest BCUT2D eigenvalue weighted by molar-refractivity contribution is 9.10. The number of hydrogen-bond donors (Lipinski definition) is 1. The van der Waals surface area contributed by atoms with Crippen LogP contribution in [0.15, 0.2) is 53.3 Å². The van der Waals surface area contributed by atoms with E-state index in [1.807, 2.05) is 22.9 Å². The third-order valence-electron chi connectivity index (χ3n) is 5.74. The van der Waals surface area contributed by atoms with Gasteiger partial charge in [-0.15, -0.1) is 0 Å². The van der Waals surface area contributed by atoms with Crippen LogP contribution in [0.5, 0.6) is 0 Å². The first-order chi connectivity index (χ1) is 16.7. The van der Waals surface area contributed by atoms with Crippen LogP contribution in [-0.4, -0.2) is 35.1 Å². The Labute approximate surface area is 214 Å². The number of hydrogen-bond acceptors (Lipinski definition) is 4. The van der Waals surface area contributed by atoms with Crippen LogP contribution in [0.2, 0.25) is 25.7 Å². The van der Waals surface area contributed by atoms with E-state index < -0.39 is 13.9 Å². The van der Waals surface area contributed by atoms with E-state index in [1.54, 1.807) is 12.3 Å². The molecule has 9 heteroatoms. The van der Waals surface area contributed by atoms with Crippen LogP contribution in [0.1, 0.15) is 30.8 Å². The van der Waals surface area contributed by atoms with Crippen molar-refractivity contribution in [2.75, 3.05) is 11.9 Å². The van der Waals surface area contributed by atoms with Crippen molar-refractivity contribution in [2.24, 2.45) is 0 Å². The largest absolute Gasteiger partial charge is 0.361 e. The molecule has 2 bridgehead atoms. The van der Waals surface area contributed by atoms with E-state index in [4.69, 9.17) is 9.72 Å². The van der Waals surface area contributed by atoms with Crippen molar-refractivity contribution < 1.29 is 13.9 Å². The third kappa shape index (κ3) is 6.74. The quantitative estimate of drug-likeness (QED) is 0.270. The molecule has 0 saturated heterocycles. The van der Waals surface area contributed by atoms with Crippen molar-refractivity contribution in [1.29, 1.82) is 0 Å². The lowest BCUT2D eigenvalue weighted by Crippen LogP contribution is -2.22. The first-order valence-electron chi connectivity index (χ1n) is 11.8. The number of carbonyl (C=O) groups excluding carboxylic acids is 1. The molecule has 0 radical (unpaired) electrons. The van der Waals surface area contributed by atoms with Crippen molar-refractivity contribution in [1.82, 2.24) is 14.5 Å². The average molecular weight is 558 g/mol. The molecule has 1 N–H and O–H groups in total. The Kier molecular flexibility index (Phi) is 7.98. The molecule has 6 nitrogen and oxygen atoms in total. The van der Waals surface area contributed by atoms with E-state index in [9.17, 15) is 9.18 Å². The number of halogens is 2. The van der Waals surface area contributed by atoms with Crippen molar-refractivity contribution in [2.45, 2.75) is 51.7 Å². The van der Waals surface area contributed by atoms with Crippen LogP contribution < -0.4 is 5.32 Å². The fourth-order valence-corrected chi connectivity index (χ4v) is 4.80. The molecule has 1 aliphatic heterocycles. The number of nitrogens with zero attached hydrogens (tertiary/aromatic N) is 3. The summed E-state index contributed by atoms with van der Waals surface area (Å²) in [6.45, 7) is 7.94. The SMILES string of the molecule is C[Si](C)(C)CCOCn1cc2nc1/C(c1ccc(Br)cn1)=C\CCCC(=O)Nc1ccc(F)cc1-2. The van der Waals surface area contributed by atoms with Gasteiger partial charge in [-0.25, -0.2) is 9.37 Å². The summed E-state index contributed by atoms with van der Waals surface area (Å²) in [6.07, 6.45) is 7.41. The minimum Gasteiger partial charge on any atom is -0.361 e. The highest BCUT2D eigenvalue weighted by Crippen LogP contribution is 2.32. The van der Waals surface area contributed by atoms with Crippen LogP contribution >= 0.6 is 15.9 Å². The maximum absolute atomic E-state index is 14.3. The normalized spacial score (nSPS) is 15.9. The van der Waals surface area contributed by atoms with Gasteiger partial charge in [-0.1, -0.05) is 25.7 Å². The van der Waals surface area contributed by atoms with Crippen molar-refractivity contribution in [3.63, 3.8) is 0 Å². The van der Waals surface area contributed by atoms with E-state index in [0.29, 0.717) is 55.4 Å². The van der Waals surface area contributed by atoms with E-state index >= 15 is 0 Å². The van der Waals surface area contributed by atoms with Gasteiger partial charge in [-0.3, -0.25) is 9.78 Å². The van der Waals surface area contributed by atoms with Crippen LogP contribution in [0.3, 0.4) is 0 Å². The molecule has 0 spiro atoms. The molecule has 3 heterocycles. The zero-order chi connectivity index (χ0) is 25.0. The summed E-state index contributed by atoms with van der Waals surface area (Å²) in [5, 5.41) is 2.92. The maximum atomic E-state index is 14.3. The first-order valence-corrected chi connectivity index (χ1v) is 16.3. The average Bonchev–Trinajstić information content (AvgIpc) is 3.21. The van der Waals surface area contributed by atoms with Crippen molar-refractivity contribution >= 4 is 41.2 Å². The summed E-state index contributed by atoms with van der Waals surface area (Å²) >= 11 is 3.45. The van der Waals surface area contributed by atoms with Crippen molar-refractivity contribution in [3.8, 4) is 11.3 Å². The molecule has 0 saturated carbocycles. The molecule has 1 aromatic carbocycles. The van der Waals surface area contributed by atoms with E-state index in [1.165, 1.54) is 12.1 Å². The van der Waals surface area contributed by atoms with Gasteiger partial charge in [0.1, 0.15) is 18.4 Å². The molecule has 0 atom stereocenters. The highest BCUT2D eigenvalue weighted by atomic mass is 79.9. The predicted molar refractivity (Wildman–Crippen MR) is 143 cm³/mol. The number of imidazole rings is 1. The van der Waals surface area contributed by atoms with E-state index in [-0.39, 0.29) is 5.91 Å². The molecule has 35 heavy (non-hydrogen) atoms. The second-order valence-corrected chi connectivity index (χ2v) is 16.4. The molecular formula is C26H30BrFN4O2Si. The fourth-order valence-electron chi connectivity index (χ4n) is 3.80. The lowest BCUT2D eigenvalue weighted by atomic mass is 10.1. The second-order valence-electron chi connectivity index (χ2n) is 9.88. The van der Waals surface area contributed by atoms with Gasteiger partial charge in [0.2, 0.25) is 5.91 Å². The maximum Gasteiger partial charge on any atom is 0.224 e. The highest BCUT2D eigenvalue weighted by Gasteiger charge is 2.20. The Bertz CT molecular complexity index is 1240. The summed E-state index contributed by atoms with van der Waals surface area (Å²) in [5.41, 5.74) is 3.27. The Morgan fingerprint density at radius 1 is 1.20 bits per heavy atom. The van der Waals surface area contributed by atoms with E-state index in [2.05, 4.69) is 51.9 Å². The molecule has 0 unspecified atom stereocenters. The van der Waals surface area contributed by atoms with Crippen LogP contribution in [0.4, 0.5) is 10.1 Å². The topological polar surface area (TPSA) is 69.0 Å². The Balaban J connectivity index is 1.80. The summed E-state index contributed by atoms with van der Waals surface area (Å²) < 4.78 is 23.2. The van der Waals surface area contributed by atoms with Crippen LogP contribution in [0.25, 0.3) is 16.8 Å². The lowest BCUT2D eigenvalue weighted by Gasteiger charge is -2.16.